The summed E-state index contributed by atoms with van der Waals surface area (Å²) in [5.74, 6) is 0.638. The molecule has 124 valence electrons. The zero-order valence-electron chi connectivity index (χ0n) is 13.1. The molecule has 8 heteroatoms. The van der Waals surface area contributed by atoms with Crippen molar-refractivity contribution >= 4 is 40.9 Å². The number of primary amides is 1. The topological polar surface area (TPSA) is 73.8 Å². The number of carbonyl (C=O) groups is 1. The third kappa shape index (κ3) is 4.40. The van der Waals surface area contributed by atoms with Gasteiger partial charge in [0.15, 0.2) is 11.0 Å². The van der Waals surface area contributed by atoms with Crippen LogP contribution >= 0.6 is 35.0 Å². The molecule has 0 saturated carbocycles. The van der Waals surface area contributed by atoms with Crippen LogP contribution in [-0.4, -0.2) is 25.9 Å². The Hall–Kier alpha value is -1.24. The molecule has 0 bridgehead atoms. The molecule has 1 aromatic heterocycles. The van der Waals surface area contributed by atoms with Gasteiger partial charge in [0.2, 0.25) is 5.91 Å². The molecule has 2 rings (SSSR count). The number of nitrogens with zero attached hydrogens (tertiary/aromatic N) is 3. The Morgan fingerprint density at radius 3 is 2.57 bits per heavy atom. The van der Waals surface area contributed by atoms with Gasteiger partial charge in [0, 0.05) is 17.1 Å². The third-order valence-corrected chi connectivity index (χ3v) is 4.77. The minimum atomic E-state index is -0.390. The zero-order chi connectivity index (χ0) is 17.1. The predicted octanol–water partition coefficient (Wildman–Crippen LogP) is 3.87. The molecule has 1 aromatic carbocycles. The Labute approximate surface area is 149 Å². The fraction of sp³-hybridized carbons (Fsp3) is 0.400. The van der Waals surface area contributed by atoms with Gasteiger partial charge in [0.05, 0.1) is 10.3 Å². The maximum absolute atomic E-state index is 11.3. The molecule has 2 N–H and O–H groups in total. The number of hydrogen-bond donors (Lipinski definition) is 1. The van der Waals surface area contributed by atoms with Crippen LogP contribution in [0.25, 0.3) is 11.4 Å². The van der Waals surface area contributed by atoms with E-state index in [0.29, 0.717) is 33.5 Å². The summed E-state index contributed by atoms with van der Waals surface area (Å²) in [6, 6.07) is 5.25. The van der Waals surface area contributed by atoms with Crippen molar-refractivity contribution < 1.29 is 4.79 Å². The summed E-state index contributed by atoms with van der Waals surface area (Å²) in [5.41, 5.74) is 6.09. The number of thioether (sulfide) groups is 1. The number of hydrogen-bond acceptors (Lipinski definition) is 4. The van der Waals surface area contributed by atoms with Gasteiger partial charge in [-0.05, 0) is 31.0 Å². The molecule has 0 spiro atoms. The lowest BCUT2D eigenvalue weighted by atomic mass is 10.2. The fourth-order valence-corrected chi connectivity index (χ4v) is 3.29. The molecule has 1 heterocycles. The number of amides is 1. The van der Waals surface area contributed by atoms with E-state index in [0.717, 1.165) is 5.56 Å². The molecule has 2 aromatic rings. The Morgan fingerprint density at radius 1 is 1.30 bits per heavy atom. The molecular weight excluding hydrogens is 355 g/mol. The Bertz CT molecular complexity index is 717. The van der Waals surface area contributed by atoms with Crippen LogP contribution in [0.3, 0.4) is 0 Å². The lowest BCUT2D eigenvalue weighted by molar-refractivity contribution is -0.117. The van der Waals surface area contributed by atoms with E-state index in [9.17, 15) is 4.79 Å². The molecule has 0 saturated heterocycles. The minimum absolute atomic E-state index is 0.374. The maximum Gasteiger partial charge on any atom is 0.230 e. The highest BCUT2D eigenvalue weighted by Crippen LogP contribution is 2.32. The fourth-order valence-electron chi connectivity index (χ4n) is 1.99. The molecule has 0 unspecified atom stereocenters. The van der Waals surface area contributed by atoms with Crippen LogP contribution < -0.4 is 5.73 Å². The second-order valence-electron chi connectivity index (χ2n) is 5.60. The smallest absolute Gasteiger partial charge is 0.230 e. The zero-order valence-corrected chi connectivity index (χ0v) is 15.4. The highest BCUT2D eigenvalue weighted by molar-refractivity contribution is 8.00. The van der Waals surface area contributed by atoms with Gasteiger partial charge >= 0.3 is 0 Å². The van der Waals surface area contributed by atoms with Crippen molar-refractivity contribution in [1.82, 2.24) is 14.8 Å². The Balaban J connectivity index is 2.47. The van der Waals surface area contributed by atoms with Gasteiger partial charge in [0.25, 0.3) is 0 Å². The van der Waals surface area contributed by atoms with E-state index in [1.54, 1.807) is 19.1 Å². The molecule has 0 aliphatic carbocycles. The van der Waals surface area contributed by atoms with Gasteiger partial charge in [0.1, 0.15) is 0 Å². The van der Waals surface area contributed by atoms with Crippen LogP contribution in [0.4, 0.5) is 0 Å². The molecular formula is C15H18Cl2N4OS. The summed E-state index contributed by atoms with van der Waals surface area (Å²) in [6.07, 6.45) is 0. The van der Waals surface area contributed by atoms with Crippen LogP contribution in [0.5, 0.6) is 0 Å². The number of benzene rings is 1. The van der Waals surface area contributed by atoms with E-state index in [-0.39, 0.29) is 5.91 Å². The highest BCUT2D eigenvalue weighted by atomic mass is 35.5. The molecule has 1 amide bonds. The van der Waals surface area contributed by atoms with Gasteiger partial charge < -0.3 is 10.3 Å². The van der Waals surface area contributed by atoms with Crippen LogP contribution in [0.1, 0.15) is 20.8 Å². The summed E-state index contributed by atoms with van der Waals surface area (Å²) in [4.78, 5) is 11.3. The molecule has 23 heavy (non-hydrogen) atoms. The summed E-state index contributed by atoms with van der Waals surface area (Å²) in [5, 5.41) is 9.79. The van der Waals surface area contributed by atoms with Crippen molar-refractivity contribution in [3.63, 3.8) is 0 Å². The van der Waals surface area contributed by atoms with E-state index >= 15 is 0 Å². The quantitative estimate of drug-likeness (QED) is 0.780. The lowest BCUT2D eigenvalue weighted by Crippen LogP contribution is -2.23. The normalized spacial score (nSPS) is 12.6. The standard InChI is InChI=1S/C15H18Cl2N4OS/c1-8(2)7-21-14(11-5-4-10(16)6-12(11)17)19-20-15(21)23-9(3)13(18)22/h4-6,8-9H,7H2,1-3H3,(H2,18,22)/t9-/m0/s1. The first-order valence-electron chi connectivity index (χ1n) is 7.14. The minimum Gasteiger partial charge on any atom is -0.369 e. The Morgan fingerprint density at radius 2 is 2.00 bits per heavy atom. The van der Waals surface area contributed by atoms with Crippen molar-refractivity contribution in [1.29, 1.82) is 0 Å². The Kier molecular flexibility index (Phi) is 5.95. The maximum atomic E-state index is 11.3. The second-order valence-corrected chi connectivity index (χ2v) is 7.75. The van der Waals surface area contributed by atoms with Crippen molar-refractivity contribution in [2.24, 2.45) is 11.7 Å². The third-order valence-electron chi connectivity index (χ3n) is 3.12. The number of carbonyl (C=O) groups excluding carboxylic acids is 1. The van der Waals surface area contributed by atoms with E-state index < -0.39 is 5.25 Å². The lowest BCUT2D eigenvalue weighted by Gasteiger charge is -2.14. The molecule has 0 aliphatic heterocycles. The van der Waals surface area contributed by atoms with E-state index in [1.165, 1.54) is 11.8 Å². The van der Waals surface area contributed by atoms with Crippen molar-refractivity contribution in [2.75, 3.05) is 0 Å². The van der Waals surface area contributed by atoms with E-state index in [4.69, 9.17) is 28.9 Å². The van der Waals surface area contributed by atoms with Crippen molar-refractivity contribution in [3.8, 4) is 11.4 Å². The molecule has 1 atom stereocenters. The average Bonchev–Trinajstić information content (AvgIpc) is 2.81. The first-order chi connectivity index (χ1) is 10.8. The number of nitrogens with two attached hydrogens (primary N) is 1. The number of aromatic nitrogens is 3. The van der Waals surface area contributed by atoms with Gasteiger partial charge in [-0.15, -0.1) is 10.2 Å². The van der Waals surface area contributed by atoms with Gasteiger partial charge in [-0.25, -0.2) is 0 Å². The summed E-state index contributed by atoms with van der Waals surface area (Å²) in [6.45, 7) is 6.64. The first-order valence-corrected chi connectivity index (χ1v) is 8.77. The predicted molar refractivity (Wildman–Crippen MR) is 94.8 cm³/mol. The summed E-state index contributed by atoms with van der Waals surface area (Å²) in [7, 11) is 0. The van der Waals surface area contributed by atoms with E-state index in [2.05, 4.69) is 24.0 Å². The second kappa shape index (κ2) is 7.55. The van der Waals surface area contributed by atoms with Gasteiger partial charge in [-0.3, -0.25) is 4.79 Å². The first kappa shape index (κ1) is 18.1. The van der Waals surface area contributed by atoms with E-state index in [1.807, 2.05) is 10.6 Å². The van der Waals surface area contributed by atoms with Crippen LogP contribution in [-0.2, 0) is 11.3 Å². The van der Waals surface area contributed by atoms with Gasteiger partial charge in [-0.1, -0.05) is 48.8 Å². The summed E-state index contributed by atoms with van der Waals surface area (Å²) < 4.78 is 1.96. The molecule has 5 nitrogen and oxygen atoms in total. The largest absolute Gasteiger partial charge is 0.369 e. The van der Waals surface area contributed by atoms with Crippen LogP contribution in [0.2, 0.25) is 10.0 Å². The summed E-state index contributed by atoms with van der Waals surface area (Å²) >= 11 is 13.5. The molecule has 0 radical (unpaired) electrons. The van der Waals surface area contributed by atoms with Crippen LogP contribution in [0, 0.1) is 5.92 Å². The van der Waals surface area contributed by atoms with Crippen molar-refractivity contribution in [3.05, 3.63) is 28.2 Å². The van der Waals surface area contributed by atoms with Crippen molar-refractivity contribution in [2.45, 2.75) is 37.7 Å². The molecule has 0 fully saturated rings. The van der Waals surface area contributed by atoms with Gasteiger partial charge in [-0.2, -0.15) is 0 Å². The number of halogens is 2. The number of rotatable bonds is 6. The SMILES string of the molecule is CC(C)Cn1c(S[C@@H](C)C(N)=O)nnc1-c1ccc(Cl)cc1Cl. The average molecular weight is 373 g/mol. The van der Waals surface area contributed by atoms with Crippen LogP contribution in [0.15, 0.2) is 23.4 Å². The monoisotopic (exact) mass is 372 g/mol. The molecule has 0 aliphatic rings. The highest BCUT2D eigenvalue weighted by Gasteiger charge is 2.21.